The van der Waals surface area contributed by atoms with Crippen LogP contribution in [-0.2, 0) is 11.2 Å². The number of aromatic nitrogens is 2. The predicted molar refractivity (Wildman–Crippen MR) is 76.4 cm³/mol. The summed E-state index contributed by atoms with van der Waals surface area (Å²) in [5.74, 6) is 2.47. The van der Waals surface area contributed by atoms with Crippen LogP contribution >= 0.6 is 22.6 Å². The summed E-state index contributed by atoms with van der Waals surface area (Å²) in [5.41, 5.74) is 1.21. The second-order valence-corrected chi connectivity index (χ2v) is 5.54. The lowest BCUT2D eigenvalue weighted by Crippen LogP contribution is -2.14. The van der Waals surface area contributed by atoms with Gasteiger partial charge in [0, 0.05) is 26.5 Å². The van der Waals surface area contributed by atoms with Crippen LogP contribution in [0.1, 0.15) is 37.2 Å². The lowest BCUT2D eigenvalue weighted by molar-refractivity contribution is 0.117. The van der Waals surface area contributed by atoms with E-state index in [1.54, 1.807) is 7.11 Å². The Bertz CT molecular complexity index is 407. The molecule has 1 N–H and O–H groups in total. The highest BCUT2D eigenvalue weighted by Gasteiger charge is 2.29. The zero-order chi connectivity index (χ0) is 12.4. The van der Waals surface area contributed by atoms with Crippen LogP contribution in [-0.4, -0.2) is 30.2 Å². The van der Waals surface area contributed by atoms with E-state index in [2.05, 4.69) is 32.9 Å². The number of nitrogens with zero attached hydrogens (tertiary/aromatic N) is 2. The molecule has 0 amide bonds. The van der Waals surface area contributed by atoms with Gasteiger partial charge in [-0.15, -0.1) is 0 Å². The average Bonchev–Trinajstić information content (AvgIpc) is 3.15. The number of nitrogens with one attached hydrogen (secondary N) is 1. The minimum absolute atomic E-state index is 0.159. The van der Waals surface area contributed by atoms with Gasteiger partial charge in [-0.3, -0.25) is 0 Å². The Kier molecular flexibility index (Phi) is 4.19. The molecule has 0 aromatic carbocycles. The molecule has 1 heterocycles. The first-order valence-electron chi connectivity index (χ1n) is 5.92. The number of ether oxygens (including phenoxy) is 1. The van der Waals surface area contributed by atoms with Crippen molar-refractivity contribution in [3.63, 3.8) is 0 Å². The highest BCUT2D eigenvalue weighted by atomic mass is 127. The molecule has 1 aromatic rings. The molecule has 94 valence electrons. The van der Waals surface area contributed by atoms with Crippen molar-refractivity contribution in [2.45, 2.75) is 38.2 Å². The molecule has 0 aliphatic heterocycles. The third-order valence-corrected chi connectivity index (χ3v) is 4.06. The molecule has 0 bridgehead atoms. The third kappa shape index (κ3) is 3.07. The molecule has 4 nitrogen and oxygen atoms in total. The summed E-state index contributed by atoms with van der Waals surface area (Å²) in [6.45, 7) is 2.04. The Morgan fingerprint density at radius 1 is 1.47 bits per heavy atom. The number of hydrogen-bond acceptors (Lipinski definition) is 4. The minimum atomic E-state index is 0.159. The van der Waals surface area contributed by atoms with Crippen LogP contribution in [0.15, 0.2) is 0 Å². The molecule has 0 saturated heterocycles. The topological polar surface area (TPSA) is 47.0 Å². The van der Waals surface area contributed by atoms with Crippen molar-refractivity contribution in [1.82, 2.24) is 9.97 Å². The summed E-state index contributed by atoms with van der Waals surface area (Å²) in [4.78, 5) is 9.23. The molecule has 2 rings (SSSR count). The van der Waals surface area contributed by atoms with Crippen LogP contribution in [0.25, 0.3) is 0 Å². The van der Waals surface area contributed by atoms with Crippen LogP contribution in [0.2, 0.25) is 0 Å². The van der Waals surface area contributed by atoms with Gasteiger partial charge in [-0.05, 0) is 42.4 Å². The molecule has 1 atom stereocenters. The average molecular weight is 347 g/mol. The zero-order valence-corrected chi connectivity index (χ0v) is 12.6. The normalized spacial score (nSPS) is 16.9. The Balaban J connectivity index is 2.29. The standard InChI is InChI=1S/C12H18IN3O/c1-7(17-3)6-9-15-11(8-4-5-8)10(13)12(14-2)16-9/h7-8H,4-6H2,1-3H3,(H,14,15,16). The smallest absolute Gasteiger partial charge is 0.143 e. The maximum Gasteiger partial charge on any atom is 0.143 e. The van der Waals surface area contributed by atoms with Gasteiger partial charge in [-0.1, -0.05) is 0 Å². The lowest BCUT2D eigenvalue weighted by atomic mass is 10.2. The Labute approximate surface area is 116 Å². The van der Waals surface area contributed by atoms with Gasteiger partial charge in [0.15, 0.2) is 0 Å². The van der Waals surface area contributed by atoms with Gasteiger partial charge in [0.05, 0.1) is 15.4 Å². The fraction of sp³-hybridized carbons (Fsp3) is 0.667. The van der Waals surface area contributed by atoms with Gasteiger partial charge < -0.3 is 10.1 Å². The van der Waals surface area contributed by atoms with Gasteiger partial charge in [-0.2, -0.15) is 0 Å². The molecule has 1 unspecified atom stereocenters. The maximum atomic E-state index is 5.27. The van der Waals surface area contributed by atoms with Gasteiger partial charge in [0.1, 0.15) is 11.6 Å². The van der Waals surface area contributed by atoms with Crippen molar-refractivity contribution in [3.8, 4) is 0 Å². The first-order chi connectivity index (χ1) is 8.15. The van der Waals surface area contributed by atoms with Gasteiger partial charge in [-0.25, -0.2) is 9.97 Å². The zero-order valence-electron chi connectivity index (χ0n) is 10.5. The first-order valence-corrected chi connectivity index (χ1v) is 7.00. The summed E-state index contributed by atoms with van der Waals surface area (Å²) in [5, 5.41) is 3.15. The number of halogens is 1. The minimum Gasteiger partial charge on any atom is -0.381 e. The van der Waals surface area contributed by atoms with Crippen molar-refractivity contribution in [2.75, 3.05) is 19.5 Å². The van der Waals surface area contributed by atoms with Crippen LogP contribution in [0.4, 0.5) is 5.82 Å². The van der Waals surface area contributed by atoms with Crippen molar-refractivity contribution < 1.29 is 4.74 Å². The number of methoxy groups -OCH3 is 1. The van der Waals surface area contributed by atoms with Crippen molar-refractivity contribution in [1.29, 1.82) is 0 Å². The molecule has 1 aromatic heterocycles. The molecular weight excluding hydrogens is 329 g/mol. The molecule has 1 saturated carbocycles. The van der Waals surface area contributed by atoms with E-state index in [-0.39, 0.29) is 6.10 Å². The maximum absolute atomic E-state index is 5.27. The lowest BCUT2D eigenvalue weighted by Gasteiger charge is -2.13. The molecule has 1 aliphatic rings. The van der Waals surface area contributed by atoms with E-state index in [1.807, 2.05) is 14.0 Å². The highest BCUT2D eigenvalue weighted by molar-refractivity contribution is 14.1. The fourth-order valence-corrected chi connectivity index (χ4v) is 2.69. The van der Waals surface area contributed by atoms with Crippen LogP contribution in [0.3, 0.4) is 0 Å². The van der Waals surface area contributed by atoms with E-state index in [1.165, 1.54) is 22.1 Å². The van der Waals surface area contributed by atoms with E-state index >= 15 is 0 Å². The molecule has 1 aliphatic carbocycles. The predicted octanol–water partition coefficient (Wildman–Crippen LogP) is 2.58. The molecule has 5 heteroatoms. The molecule has 1 fully saturated rings. The monoisotopic (exact) mass is 347 g/mol. The summed E-state index contributed by atoms with van der Waals surface area (Å²) in [7, 11) is 3.63. The van der Waals surface area contributed by atoms with Crippen molar-refractivity contribution in [2.24, 2.45) is 0 Å². The van der Waals surface area contributed by atoms with Gasteiger partial charge in [0.25, 0.3) is 0 Å². The Morgan fingerprint density at radius 3 is 2.71 bits per heavy atom. The van der Waals surface area contributed by atoms with E-state index in [9.17, 15) is 0 Å². The van der Waals surface area contributed by atoms with E-state index in [0.29, 0.717) is 5.92 Å². The van der Waals surface area contributed by atoms with Gasteiger partial charge >= 0.3 is 0 Å². The second kappa shape index (κ2) is 5.48. The van der Waals surface area contributed by atoms with Crippen LogP contribution in [0, 0.1) is 3.57 Å². The number of hydrogen-bond donors (Lipinski definition) is 1. The number of rotatable bonds is 5. The second-order valence-electron chi connectivity index (χ2n) is 4.46. The summed E-state index contributed by atoms with van der Waals surface area (Å²) in [6.07, 6.45) is 3.44. The largest absolute Gasteiger partial charge is 0.381 e. The highest BCUT2D eigenvalue weighted by Crippen LogP contribution is 2.42. The first kappa shape index (κ1) is 13.0. The van der Waals surface area contributed by atoms with E-state index < -0.39 is 0 Å². The molecular formula is C12H18IN3O. The number of anilines is 1. The SMILES string of the molecule is CNc1nc(CC(C)OC)nc(C2CC2)c1I. The van der Waals surface area contributed by atoms with Crippen molar-refractivity contribution in [3.05, 3.63) is 15.1 Å². The quantitative estimate of drug-likeness (QED) is 0.832. The van der Waals surface area contributed by atoms with E-state index in [0.717, 1.165) is 18.1 Å². The fourth-order valence-electron chi connectivity index (χ4n) is 1.74. The Morgan fingerprint density at radius 2 is 2.18 bits per heavy atom. The van der Waals surface area contributed by atoms with Crippen LogP contribution in [0.5, 0.6) is 0 Å². The summed E-state index contributed by atoms with van der Waals surface area (Å²) in [6, 6.07) is 0. The van der Waals surface area contributed by atoms with Crippen LogP contribution < -0.4 is 5.32 Å². The third-order valence-electron chi connectivity index (χ3n) is 3.00. The summed E-state index contributed by atoms with van der Waals surface area (Å²) < 4.78 is 6.44. The molecule has 17 heavy (non-hydrogen) atoms. The van der Waals surface area contributed by atoms with Gasteiger partial charge in [0.2, 0.25) is 0 Å². The molecule has 0 radical (unpaired) electrons. The van der Waals surface area contributed by atoms with E-state index in [4.69, 9.17) is 9.72 Å². The Hall–Kier alpha value is -0.430. The van der Waals surface area contributed by atoms with Crippen molar-refractivity contribution >= 4 is 28.4 Å². The summed E-state index contributed by atoms with van der Waals surface area (Å²) >= 11 is 2.34. The molecule has 0 spiro atoms.